The van der Waals surface area contributed by atoms with Gasteiger partial charge in [-0.05, 0) is 25.5 Å². The van der Waals surface area contributed by atoms with E-state index in [2.05, 4.69) is 10.3 Å². The predicted octanol–water partition coefficient (Wildman–Crippen LogP) is 1.50. The first-order valence-corrected chi connectivity index (χ1v) is 4.86. The molecule has 0 aliphatic carbocycles. The molecule has 4 heteroatoms. The van der Waals surface area contributed by atoms with Crippen LogP contribution in [0.5, 0.6) is 0 Å². The number of nitrogens with one attached hydrogen (secondary N) is 1. The maximum absolute atomic E-state index is 5.46. The quantitative estimate of drug-likeness (QED) is 0.675. The molecule has 78 valence electrons. The zero-order valence-corrected chi connectivity index (χ0v) is 8.49. The molecule has 0 bridgehead atoms. The van der Waals surface area contributed by atoms with Crippen molar-refractivity contribution < 1.29 is 4.74 Å². The second kappa shape index (κ2) is 6.21. The Morgan fingerprint density at radius 2 is 2.36 bits per heavy atom. The minimum Gasteiger partial charge on any atom is -0.384 e. The van der Waals surface area contributed by atoms with E-state index in [1.165, 1.54) is 0 Å². The summed E-state index contributed by atoms with van der Waals surface area (Å²) < 4.78 is 5.21. The molecule has 0 amide bonds. The summed E-state index contributed by atoms with van der Waals surface area (Å²) in [6, 6.07) is 3.70. The number of nitrogens with two attached hydrogens (primary N) is 1. The largest absolute Gasteiger partial charge is 0.384 e. The third kappa shape index (κ3) is 4.09. The van der Waals surface area contributed by atoms with Crippen LogP contribution in [-0.2, 0) is 4.74 Å². The minimum absolute atomic E-state index is 0.546. The fourth-order valence-electron chi connectivity index (χ4n) is 1.06. The average molecular weight is 195 g/mol. The maximum atomic E-state index is 5.46. The molecule has 1 aromatic heterocycles. The number of ether oxygens (including phenoxy) is 1. The van der Waals surface area contributed by atoms with Gasteiger partial charge in [-0.25, -0.2) is 4.98 Å². The zero-order valence-electron chi connectivity index (χ0n) is 8.49. The summed E-state index contributed by atoms with van der Waals surface area (Å²) in [6.45, 7) is 4.47. The van der Waals surface area contributed by atoms with E-state index in [9.17, 15) is 0 Å². The molecule has 3 N–H and O–H groups in total. The molecule has 0 aliphatic rings. The second-order valence-electron chi connectivity index (χ2n) is 2.95. The normalized spacial score (nSPS) is 10.1. The van der Waals surface area contributed by atoms with Crippen molar-refractivity contribution in [2.45, 2.75) is 13.3 Å². The van der Waals surface area contributed by atoms with Crippen molar-refractivity contribution >= 4 is 11.5 Å². The van der Waals surface area contributed by atoms with E-state index >= 15 is 0 Å². The highest BCUT2D eigenvalue weighted by Gasteiger charge is 1.92. The van der Waals surface area contributed by atoms with Crippen molar-refractivity contribution in [3.8, 4) is 0 Å². The van der Waals surface area contributed by atoms with E-state index in [1.54, 1.807) is 12.3 Å². The summed E-state index contributed by atoms with van der Waals surface area (Å²) in [5.41, 5.74) is 6.46. The highest BCUT2D eigenvalue weighted by atomic mass is 16.5. The Kier molecular flexibility index (Phi) is 4.78. The molecule has 4 nitrogen and oxygen atoms in total. The van der Waals surface area contributed by atoms with Crippen molar-refractivity contribution in [2.75, 3.05) is 30.8 Å². The van der Waals surface area contributed by atoms with Gasteiger partial charge in [-0.3, -0.25) is 0 Å². The molecule has 1 heterocycles. The van der Waals surface area contributed by atoms with Gasteiger partial charge in [-0.2, -0.15) is 0 Å². The lowest BCUT2D eigenvalue weighted by Gasteiger charge is -2.05. The van der Waals surface area contributed by atoms with E-state index < -0.39 is 0 Å². The molecule has 0 spiro atoms. The molecule has 14 heavy (non-hydrogen) atoms. The van der Waals surface area contributed by atoms with Gasteiger partial charge in [0.05, 0.1) is 11.9 Å². The summed E-state index contributed by atoms with van der Waals surface area (Å²) in [4.78, 5) is 3.98. The first-order valence-electron chi connectivity index (χ1n) is 4.86. The summed E-state index contributed by atoms with van der Waals surface area (Å²) in [5, 5.41) is 3.23. The van der Waals surface area contributed by atoms with Crippen molar-refractivity contribution in [1.82, 2.24) is 4.98 Å². The Hall–Kier alpha value is -1.29. The fourth-order valence-corrected chi connectivity index (χ4v) is 1.06. The van der Waals surface area contributed by atoms with Crippen LogP contribution in [-0.4, -0.2) is 24.7 Å². The monoisotopic (exact) mass is 195 g/mol. The number of aromatic nitrogens is 1. The van der Waals surface area contributed by atoms with Gasteiger partial charge in [0.25, 0.3) is 0 Å². The minimum atomic E-state index is 0.546. The van der Waals surface area contributed by atoms with Crippen LogP contribution >= 0.6 is 0 Å². The Bertz CT molecular complexity index is 248. The van der Waals surface area contributed by atoms with E-state index in [4.69, 9.17) is 10.5 Å². The van der Waals surface area contributed by atoms with Gasteiger partial charge in [-0.1, -0.05) is 0 Å². The number of pyridine rings is 1. The summed E-state index contributed by atoms with van der Waals surface area (Å²) in [7, 11) is 0. The van der Waals surface area contributed by atoms with Gasteiger partial charge >= 0.3 is 0 Å². The molecule has 0 aromatic carbocycles. The Morgan fingerprint density at radius 3 is 3.00 bits per heavy atom. The van der Waals surface area contributed by atoms with Gasteiger partial charge < -0.3 is 15.8 Å². The zero-order chi connectivity index (χ0) is 10.2. The van der Waals surface area contributed by atoms with Gasteiger partial charge in [0, 0.05) is 19.8 Å². The Balaban J connectivity index is 2.15. The molecule has 0 atom stereocenters. The van der Waals surface area contributed by atoms with E-state index in [0.717, 1.165) is 31.9 Å². The van der Waals surface area contributed by atoms with Crippen LogP contribution in [0.15, 0.2) is 18.3 Å². The molecule has 0 saturated carbocycles. The smallest absolute Gasteiger partial charge is 0.123 e. The van der Waals surface area contributed by atoms with Crippen molar-refractivity contribution in [1.29, 1.82) is 0 Å². The van der Waals surface area contributed by atoms with Crippen molar-refractivity contribution in [3.63, 3.8) is 0 Å². The first-order chi connectivity index (χ1) is 6.83. The van der Waals surface area contributed by atoms with E-state index in [0.29, 0.717) is 5.82 Å². The van der Waals surface area contributed by atoms with Gasteiger partial charge in [0.2, 0.25) is 0 Å². The maximum Gasteiger partial charge on any atom is 0.123 e. The fraction of sp³-hybridized carbons (Fsp3) is 0.500. The summed E-state index contributed by atoms with van der Waals surface area (Å²) in [6.07, 6.45) is 2.73. The molecular weight excluding hydrogens is 178 g/mol. The lowest BCUT2D eigenvalue weighted by atomic mass is 10.4. The van der Waals surface area contributed by atoms with Crippen LogP contribution in [0.25, 0.3) is 0 Å². The number of nitrogens with zero attached hydrogens (tertiary/aromatic N) is 1. The Labute approximate surface area is 84.5 Å². The van der Waals surface area contributed by atoms with Crippen molar-refractivity contribution in [3.05, 3.63) is 18.3 Å². The number of hydrogen-bond donors (Lipinski definition) is 2. The van der Waals surface area contributed by atoms with E-state index in [-0.39, 0.29) is 0 Å². The summed E-state index contributed by atoms with van der Waals surface area (Å²) in [5.74, 6) is 0.546. The number of hydrogen-bond acceptors (Lipinski definition) is 4. The molecule has 1 aromatic rings. The van der Waals surface area contributed by atoms with E-state index in [1.807, 2.05) is 13.0 Å². The molecule has 0 unspecified atom stereocenters. The Morgan fingerprint density at radius 1 is 1.50 bits per heavy atom. The molecule has 0 saturated heterocycles. The van der Waals surface area contributed by atoms with Crippen LogP contribution in [0.2, 0.25) is 0 Å². The van der Waals surface area contributed by atoms with Crippen molar-refractivity contribution in [2.24, 2.45) is 0 Å². The first kappa shape index (κ1) is 10.8. The highest BCUT2D eigenvalue weighted by Crippen LogP contribution is 2.06. The molecule has 0 radical (unpaired) electrons. The average Bonchev–Trinajstić information content (AvgIpc) is 2.21. The molecular formula is C10H17N3O. The van der Waals surface area contributed by atoms with Gasteiger partial charge in [-0.15, -0.1) is 0 Å². The second-order valence-corrected chi connectivity index (χ2v) is 2.95. The number of anilines is 2. The third-order valence-corrected chi connectivity index (χ3v) is 1.79. The van der Waals surface area contributed by atoms with Crippen LogP contribution in [0.1, 0.15) is 13.3 Å². The highest BCUT2D eigenvalue weighted by molar-refractivity contribution is 5.45. The van der Waals surface area contributed by atoms with Crippen LogP contribution in [0.4, 0.5) is 11.5 Å². The molecule has 1 rings (SSSR count). The number of rotatable bonds is 6. The van der Waals surface area contributed by atoms with Crippen LogP contribution in [0.3, 0.4) is 0 Å². The van der Waals surface area contributed by atoms with Crippen LogP contribution < -0.4 is 11.1 Å². The van der Waals surface area contributed by atoms with Crippen LogP contribution in [0, 0.1) is 0 Å². The standard InChI is InChI=1S/C10H17N3O/c1-2-14-7-3-6-12-9-4-5-10(11)13-8-9/h4-5,8,12H,2-3,6-7H2,1H3,(H2,11,13). The topological polar surface area (TPSA) is 60.2 Å². The molecule has 0 fully saturated rings. The summed E-state index contributed by atoms with van der Waals surface area (Å²) >= 11 is 0. The third-order valence-electron chi connectivity index (χ3n) is 1.79. The lowest BCUT2D eigenvalue weighted by molar-refractivity contribution is 0.147. The lowest BCUT2D eigenvalue weighted by Crippen LogP contribution is -2.06. The predicted molar refractivity (Wildman–Crippen MR) is 58.2 cm³/mol. The number of nitrogen functional groups attached to an aromatic ring is 1. The van der Waals surface area contributed by atoms with Gasteiger partial charge in [0.15, 0.2) is 0 Å². The van der Waals surface area contributed by atoms with Gasteiger partial charge in [0.1, 0.15) is 5.82 Å². The SMILES string of the molecule is CCOCCCNc1ccc(N)nc1. The molecule has 0 aliphatic heterocycles.